The number of rotatable bonds is 1. The molecule has 0 aliphatic carbocycles. The lowest BCUT2D eigenvalue weighted by molar-refractivity contribution is 0.295. The Hall–Kier alpha value is -1.22. The quantitative estimate of drug-likeness (QED) is 0.559. The molecule has 1 aromatic rings. The first-order valence-corrected chi connectivity index (χ1v) is 3.80. The summed E-state index contributed by atoms with van der Waals surface area (Å²) in [5.41, 5.74) is 0. The maximum absolute atomic E-state index is 8.67. The van der Waals surface area contributed by atoms with Gasteiger partial charge in [-0.3, -0.25) is 0 Å². The number of hydrogen-bond acceptors (Lipinski definition) is 3. The highest BCUT2D eigenvalue weighted by Gasteiger charge is 1.90. The van der Waals surface area contributed by atoms with E-state index in [-0.39, 0.29) is 11.5 Å². The number of hydrogen-bond donors (Lipinski definition) is 3. The van der Waals surface area contributed by atoms with Crippen molar-refractivity contribution in [2.75, 3.05) is 6.61 Å². The molecular formula is C9H14O3. The smallest absolute Gasteiger partial charge is 0.157 e. The van der Waals surface area contributed by atoms with Gasteiger partial charge in [0.05, 0.1) is 0 Å². The molecule has 0 radical (unpaired) electrons. The standard InChI is InChI=1S/C6H6O2.C3H8O/c7-5-3-1-2-4-6(5)8;1-2-3-4/h1-4,7-8H;4H,2-3H2,1H3. The number of benzene rings is 1. The van der Waals surface area contributed by atoms with E-state index in [1.807, 2.05) is 6.92 Å². The van der Waals surface area contributed by atoms with E-state index in [4.69, 9.17) is 15.3 Å². The average molecular weight is 170 g/mol. The monoisotopic (exact) mass is 170 g/mol. The lowest BCUT2D eigenvalue weighted by atomic mass is 10.3. The van der Waals surface area contributed by atoms with Crippen LogP contribution in [0.4, 0.5) is 0 Å². The third-order valence-corrected chi connectivity index (χ3v) is 1.11. The summed E-state index contributed by atoms with van der Waals surface area (Å²) in [5.74, 6) is -0.153. The zero-order valence-corrected chi connectivity index (χ0v) is 7.07. The Morgan fingerprint density at radius 1 is 1.08 bits per heavy atom. The summed E-state index contributed by atoms with van der Waals surface area (Å²) in [5, 5.41) is 25.2. The van der Waals surface area contributed by atoms with Crippen LogP contribution in [0.15, 0.2) is 24.3 Å². The van der Waals surface area contributed by atoms with Gasteiger partial charge in [-0.2, -0.15) is 0 Å². The van der Waals surface area contributed by atoms with E-state index in [2.05, 4.69) is 0 Å². The molecule has 0 aliphatic rings. The van der Waals surface area contributed by atoms with Crippen molar-refractivity contribution in [2.45, 2.75) is 13.3 Å². The Labute approximate surface area is 71.9 Å². The zero-order valence-electron chi connectivity index (χ0n) is 7.07. The molecule has 0 heterocycles. The van der Waals surface area contributed by atoms with Gasteiger partial charge in [0.15, 0.2) is 11.5 Å². The Balaban J connectivity index is 0.000000261. The van der Waals surface area contributed by atoms with E-state index >= 15 is 0 Å². The third kappa shape index (κ3) is 4.57. The highest BCUT2D eigenvalue weighted by Crippen LogP contribution is 2.21. The van der Waals surface area contributed by atoms with Crippen LogP contribution < -0.4 is 0 Å². The number of aromatic hydroxyl groups is 2. The molecule has 0 spiro atoms. The fourth-order valence-electron chi connectivity index (χ4n) is 0.464. The second kappa shape index (κ2) is 6.49. The number of aliphatic hydroxyl groups excluding tert-OH is 1. The van der Waals surface area contributed by atoms with Crippen molar-refractivity contribution in [3.63, 3.8) is 0 Å². The highest BCUT2D eigenvalue weighted by molar-refractivity contribution is 5.36. The average Bonchev–Trinajstić information content (AvgIpc) is 2.11. The number of phenolic OH excluding ortho intramolecular Hbond substituents is 2. The van der Waals surface area contributed by atoms with E-state index in [9.17, 15) is 0 Å². The minimum Gasteiger partial charge on any atom is -0.504 e. The van der Waals surface area contributed by atoms with Crippen molar-refractivity contribution in [1.29, 1.82) is 0 Å². The van der Waals surface area contributed by atoms with Crippen LogP contribution in [0.25, 0.3) is 0 Å². The summed E-state index contributed by atoms with van der Waals surface area (Å²) in [6, 6.07) is 6.15. The van der Waals surface area contributed by atoms with Crippen molar-refractivity contribution >= 4 is 0 Å². The summed E-state index contributed by atoms with van der Waals surface area (Å²) in [4.78, 5) is 0. The predicted octanol–water partition coefficient (Wildman–Crippen LogP) is 1.49. The van der Waals surface area contributed by atoms with E-state index in [1.165, 1.54) is 12.1 Å². The summed E-state index contributed by atoms with van der Waals surface area (Å²) >= 11 is 0. The molecule has 0 saturated heterocycles. The van der Waals surface area contributed by atoms with E-state index < -0.39 is 0 Å². The van der Waals surface area contributed by atoms with Gasteiger partial charge in [0, 0.05) is 6.61 Å². The van der Waals surface area contributed by atoms with Crippen molar-refractivity contribution < 1.29 is 15.3 Å². The van der Waals surface area contributed by atoms with E-state index in [0.29, 0.717) is 6.61 Å². The molecule has 1 aromatic carbocycles. The fraction of sp³-hybridized carbons (Fsp3) is 0.333. The molecule has 3 N–H and O–H groups in total. The third-order valence-electron chi connectivity index (χ3n) is 1.11. The van der Waals surface area contributed by atoms with Crippen LogP contribution in [0.1, 0.15) is 13.3 Å². The Kier molecular flexibility index (Phi) is 5.83. The molecule has 0 amide bonds. The maximum Gasteiger partial charge on any atom is 0.157 e. The predicted molar refractivity (Wildman–Crippen MR) is 47.1 cm³/mol. The molecule has 0 atom stereocenters. The van der Waals surface area contributed by atoms with E-state index in [1.54, 1.807) is 12.1 Å². The Morgan fingerprint density at radius 2 is 1.42 bits per heavy atom. The van der Waals surface area contributed by atoms with Crippen LogP contribution in [0.3, 0.4) is 0 Å². The second-order valence-corrected chi connectivity index (χ2v) is 2.21. The van der Waals surface area contributed by atoms with Gasteiger partial charge < -0.3 is 15.3 Å². The van der Waals surface area contributed by atoms with E-state index in [0.717, 1.165) is 6.42 Å². The zero-order chi connectivity index (χ0) is 9.40. The minimum atomic E-state index is -0.0764. The SMILES string of the molecule is CCCO.Oc1ccccc1O. The van der Waals surface area contributed by atoms with Crippen LogP contribution in [-0.2, 0) is 0 Å². The van der Waals surface area contributed by atoms with Gasteiger partial charge in [0.1, 0.15) is 0 Å². The molecule has 68 valence electrons. The summed E-state index contributed by atoms with van der Waals surface area (Å²) in [7, 11) is 0. The molecule has 0 unspecified atom stereocenters. The van der Waals surface area contributed by atoms with Crippen molar-refractivity contribution in [3.05, 3.63) is 24.3 Å². The molecule has 3 nitrogen and oxygen atoms in total. The van der Waals surface area contributed by atoms with Crippen LogP contribution in [0, 0.1) is 0 Å². The van der Waals surface area contributed by atoms with Gasteiger partial charge in [-0.25, -0.2) is 0 Å². The first-order chi connectivity index (χ1) is 5.72. The van der Waals surface area contributed by atoms with Gasteiger partial charge in [0.2, 0.25) is 0 Å². The maximum atomic E-state index is 8.67. The number of aliphatic hydroxyl groups is 1. The molecule has 0 aliphatic heterocycles. The molecule has 0 saturated carbocycles. The summed E-state index contributed by atoms with van der Waals surface area (Å²) in [6.45, 7) is 2.25. The summed E-state index contributed by atoms with van der Waals surface area (Å²) < 4.78 is 0. The topological polar surface area (TPSA) is 60.7 Å². The van der Waals surface area contributed by atoms with Crippen LogP contribution >= 0.6 is 0 Å². The number of phenols is 2. The molecule has 3 heteroatoms. The normalized spacial score (nSPS) is 8.50. The largest absolute Gasteiger partial charge is 0.504 e. The highest BCUT2D eigenvalue weighted by atomic mass is 16.3. The number of para-hydroxylation sites is 2. The minimum absolute atomic E-state index is 0.0764. The van der Waals surface area contributed by atoms with Crippen molar-refractivity contribution in [1.82, 2.24) is 0 Å². The fourth-order valence-corrected chi connectivity index (χ4v) is 0.464. The molecular weight excluding hydrogens is 156 g/mol. The molecule has 1 rings (SSSR count). The van der Waals surface area contributed by atoms with Gasteiger partial charge >= 0.3 is 0 Å². The second-order valence-electron chi connectivity index (χ2n) is 2.21. The molecule has 0 fully saturated rings. The van der Waals surface area contributed by atoms with Crippen LogP contribution in [0.2, 0.25) is 0 Å². The lowest BCUT2D eigenvalue weighted by Gasteiger charge is -1.91. The molecule has 0 aromatic heterocycles. The van der Waals surface area contributed by atoms with Crippen LogP contribution in [0.5, 0.6) is 11.5 Å². The summed E-state index contributed by atoms with van der Waals surface area (Å²) in [6.07, 6.45) is 0.875. The van der Waals surface area contributed by atoms with Gasteiger partial charge in [-0.05, 0) is 18.6 Å². The Morgan fingerprint density at radius 3 is 1.58 bits per heavy atom. The molecule has 0 bridgehead atoms. The van der Waals surface area contributed by atoms with Gasteiger partial charge in [-0.1, -0.05) is 19.1 Å². The first-order valence-electron chi connectivity index (χ1n) is 3.80. The van der Waals surface area contributed by atoms with Crippen molar-refractivity contribution in [3.8, 4) is 11.5 Å². The Bertz CT molecular complexity index is 188. The first kappa shape index (κ1) is 10.8. The molecule has 12 heavy (non-hydrogen) atoms. The van der Waals surface area contributed by atoms with Gasteiger partial charge in [-0.15, -0.1) is 0 Å². The van der Waals surface area contributed by atoms with Crippen LogP contribution in [-0.4, -0.2) is 21.9 Å². The van der Waals surface area contributed by atoms with Crippen molar-refractivity contribution in [2.24, 2.45) is 0 Å². The van der Waals surface area contributed by atoms with Gasteiger partial charge in [0.25, 0.3) is 0 Å². The lowest BCUT2D eigenvalue weighted by Crippen LogP contribution is -1.69.